The first-order valence-electron chi connectivity index (χ1n) is 6.37. The highest BCUT2D eigenvalue weighted by atomic mass is 32.1. The molecule has 0 aliphatic heterocycles. The van der Waals surface area contributed by atoms with Crippen LogP contribution in [0.25, 0.3) is 0 Å². The van der Waals surface area contributed by atoms with E-state index in [-0.39, 0.29) is 5.41 Å². The van der Waals surface area contributed by atoms with E-state index in [2.05, 4.69) is 43.6 Å². The molecule has 2 atom stereocenters. The third-order valence-corrected chi connectivity index (χ3v) is 5.09. The predicted octanol–water partition coefficient (Wildman–Crippen LogP) is 3.80. The zero-order chi connectivity index (χ0) is 11.6. The lowest BCUT2D eigenvalue weighted by molar-refractivity contribution is 0.376. The van der Waals surface area contributed by atoms with Gasteiger partial charge < -0.3 is 5.32 Å². The number of nitrogens with one attached hydrogen (secondary N) is 1. The Morgan fingerprint density at radius 2 is 2.25 bits per heavy atom. The van der Waals surface area contributed by atoms with Crippen molar-refractivity contribution in [2.75, 3.05) is 6.54 Å². The maximum atomic E-state index is 3.77. The van der Waals surface area contributed by atoms with Gasteiger partial charge in [-0.3, -0.25) is 0 Å². The Kier molecular flexibility index (Phi) is 3.70. The standard InChI is InChI=1S/C14H23NS/c1-11-6-4-7-12(11)15-10-14(2,3)13-8-5-9-16-13/h5,8-9,11-12,15H,4,6-7,10H2,1-3H3. The molecule has 1 aromatic heterocycles. The maximum Gasteiger partial charge on any atom is 0.0115 e. The van der Waals surface area contributed by atoms with Gasteiger partial charge in [0.25, 0.3) is 0 Å². The molecular weight excluding hydrogens is 214 g/mol. The highest BCUT2D eigenvalue weighted by molar-refractivity contribution is 7.10. The van der Waals surface area contributed by atoms with Crippen LogP contribution in [-0.4, -0.2) is 12.6 Å². The molecule has 1 fully saturated rings. The fourth-order valence-electron chi connectivity index (χ4n) is 2.59. The molecule has 1 N–H and O–H groups in total. The molecule has 16 heavy (non-hydrogen) atoms. The van der Waals surface area contributed by atoms with Crippen LogP contribution in [0.15, 0.2) is 17.5 Å². The minimum Gasteiger partial charge on any atom is -0.313 e. The highest BCUT2D eigenvalue weighted by Gasteiger charge is 2.27. The van der Waals surface area contributed by atoms with Gasteiger partial charge in [-0.15, -0.1) is 11.3 Å². The molecule has 2 unspecified atom stereocenters. The summed E-state index contributed by atoms with van der Waals surface area (Å²) in [5.74, 6) is 0.860. The second kappa shape index (κ2) is 4.89. The van der Waals surface area contributed by atoms with Crippen LogP contribution in [0, 0.1) is 5.92 Å². The molecule has 1 heterocycles. The normalized spacial score (nSPS) is 26.2. The van der Waals surface area contributed by atoms with Gasteiger partial charge in [0.1, 0.15) is 0 Å². The van der Waals surface area contributed by atoms with E-state index in [9.17, 15) is 0 Å². The second-order valence-electron chi connectivity index (χ2n) is 5.76. The van der Waals surface area contributed by atoms with Gasteiger partial charge in [-0.25, -0.2) is 0 Å². The van der Waals surface area contributed by atoms with Crippen LogP contribution in [0.1, 0.15) is 44.9 Å². The van der Waals surface area contributed by atoms with Crippen molar-refractivity contribution < 1.29 is 0 Å². The van der Waals surface area contributed by atoms with Crippen molar-refractivity contribution in [1.29, 1.82) is 0 Å². The van der Waals surface area contributed by atoms with Crippen LogP contribution < -0.4 is 5.32 Å². The van der Waals surface area contributed by atoms with Gasteiger partial charge in [0.05, 0.1) is 0 Å². The molecule has 1 aliphatic rings. The van der Waals surface area contributed by atoms with Gasteiger partial charge in [0.15, 0.2) is 0 Å². The van der Waals surface area contributed by atoms with Crippen LogP contribution in [0.2, 0.25) is 0 Å². The van der Waals surface area contributed by atoms with Gasteiger partial charge in [-0.2, -0.15) is 0 Å². The minimum absolute atomic E-state index is 0.274. The van der Waals surface area contributed by atoms with Crippen LogP contribution in [0.4, 0.5) is 0 Å². The minimum atomic E-state index is 0.274. The summed E-state index contributed by atoms with van der Waals surface area (Å²) in [6, 6.07) is 5.16. The Bertz CT molecular complexity index is 315. The van der Waals surface area contributed by atoms with Crippen molar-refractivity contribution in [1.82, 2.24) is 5.32 Å². The van der Waals surface area contributed by atoms with Crippen LogP contribution in [0.5, 0.6) is 0 Å². The molecule has 0 spiro atoms. The van der Waals surface area contributed by atoms with E-state index in [0.29, 0.717) is 0 Å². The summed E-state index contributed by atoms with van der Waals surface area (Å²) >= 11 is 1.87. The summed E-state index contributed by atoms with van der Waals surface area (Å²) in [7, 11) is 0. The monoisotopic (exact) mass is 237 g/mol. The average Bonchev–Trinajstić information content (AvgIpc) is 2.85. The van der Waals surface area contributed by atoms with E-state index < -0.39 is 0 Å². The zero-order valence-electron chi connectivity index (χ0n) is 10.6. The first-order chi connectivity index (χ1) is 7.59. The molecule has 1 saturated carbocycles. The summed E-state index contributed by atoms with van der Waals surface area (Å²) < 4.78 is 0. The quantitative estimate of drug-likeness (QED) is 0.840. The van der Waals surface area contributed by atoms with E-state index in [1.165, 1.54) is 24.1 Å². The molecule has 1 nitrogen and oxygen atoms in total. The lowest BCUT2D eigenvalue weighted by Crippen LogP contribution is -2.40. The number of hydrogen-bond acceptors (Lipinski definition) is 2. The summed E-state index contributed by atoms with van der Waals surface area (Å²) in [5, 5.41) is 5.94. The molecule has 0 amide bonds. The molecule has 0 bridgehead atoms. The Morgan fingerprint density at radius 1 is 1.44 bits per heavy atom. The fraction of sp³-hybridized carbons (Fsp3) is 0.714. The molecule has 0 aromatic carbocycles. The average molecular weight is 237 g/mol. The SMILES string of the molecule is CC1CCCC1NCC(C)(C)c1cccs1. The Hall–Kier alpha value is -0.340. The first-order valence-corrected chi connectivity index (χ1v) is 7.25. The van der Waals surface area contributed by atoms with E-state index in [1.807, 2.05) is 11.3 Å². The zero-order valence-corrected chi connectivity index (χ0v) is 11.4. The first kappa shape index (κ1) is 12.1. The Morgan fingerprint density at radius 3 is 2.81 bits per heavy atom. The fourth-order valence-corrected chi connectivity index (χ4v) is 3.44. The number of rotatable bonds is 4. The molecule has 1 aliphatic carbocycles. The lowest BCUT2D eigenvalue weighted by Gasteiger charge is -2.27. The van der Waals surface area contributed by atoms with Crippen molar-refractivity contribution in [3.8, 4) is 0 Å². The molecule has 90 valence electrons. The summed E-state index contributed by atoms with van der Waals surface area (Å²) in [6.07, 6.45) is 4.16. The smallest absolute Gasteiger partial charge is 0.0115 e. The number of thiophene rings is 1. The van der Waals surface area contributed by atoms with Crippen molar-refractivity contribution in [3.63, 3.8) is 0 Å². The molecule has 2 rings (SSSR count). The van der Waals surface area contributed by atoms with Gasteiger partial charge in [0, 0.05) is 22.9 Å². The third kappa shape index (κ3) is 2.67. The summed E-state index contributed by atoms with van der Waals surface area (Å²) in [5.41, 5.74) is 0.274. The van der Waals surface area contributed by atoms with E-state index in [4.69, 9.17) is 0 Å². The topological polar surface area (TPSA) is 12.0 Å². The van der Waals surface area contributed by atoms with Crippen LogP contribution in [0.3, 0.4) is 0 Å². The second-order valence-corrected chi connectivity index (χ2v) is 6.70. The Balaban J connectivity index is 1.89. The van der Waals surface area contributed by atoms with Crippen molar-refractivity contribution in [2.24, 2.45) is 5.92 Å². The Labute approximate surface area is 103 Å². The summed E-state index contributed by atoms with van der Waals surface area (Å²) in [6.45, 7) is 8.15. The van der Waals surface area contributed by atoms with Gasteiger partial charge in [-0.1, -0.05) is 33.3 Å². The molecule has 1 aromatic rings. The molecule has 0 radical (unpaired) electrons. The molecule has 0 saturated heterocycles. The lowest BCUT2D eigenvalue weighted by atomic mass is 9.90. The van der Waals surface area contributed by atoms with Gasteiger partial charge in [-0.05, 0) is 30.2 Å². The molecular formula is C14H23NS. The largest absolute Gasteiger partial charge is 0.313 e. The van der Waals surface area contributed by atoms with Gasteiger partial charge in [0.2, 0.25) is 0 Å². The van der Waals surface area contributed by atoms with E-state index in [0.717, 1.165) is 18.5 Å². The van der Waals surface area contributed by atoms with Crippen LogP contribution >= 0.6 is 11.3 Å². The van der Waals surface area contributed by atoms with E-state index >= 15 is 0 Å². The van der Waals surface area contributed by atoms with E-state index in [1.54, 1.807) is 0 Å². The maximum absolute atomic E-state index is 3.77. The predicted molar refractivity (Wildman–Crippen MR) is 72.2 cm³/mol. The van der Waals surface area contributed by atoms with Crippen molar-refractivity contribution >= 4 is 11.3 Å². The van der Waals surface area contributed by atoms with Crippen molar-refractivity contribution in [3.05, 3.63) is 22.4 Å². The summed E-state index contributed by atoms with van der Waals surface area (Å²) in [4.78, 5) is 1.49. The van der Waals surface area contributed by atoms with Gasteiger partial charge >= 0.3 is 0 Å². The van der Waals surface area contributed by atoms with Crippen LogP contribution in [-0.2, 0) is 5.41 Å². The highest BCUT2D eigenvalue weighted by Crippen LogP contribution is 2.29. The third-order valence-electron chi connectivity index (χ3n) is 3.86. The van der Waals surface area contributed by atoms with Crippen molar-refractivity contribution in [2.45, 2.75) is 51.5 Å². The number of hydrogen-bond donors (Lipinski definition) is 1. The molecule has 2 heteroatoms.